The molecule has 1 atom stereocenters. The summed E-state index contributed by atoms with van der Waals surface area (Å²) in [6, 6.07) is 19.5. The molecule has 0 fully saturated rings. The number of hydrogen-bond acceptors (Lipinski definition) is 2. The number of ketones is 1. The number of carbonyl (C=O) groups excluding carboxylic acids is 1. The normalized spacial score (nSPS) is 12.1. The van der Waals surface area contributed by atoms with Crippen LogP contribution in [0.1, 0.15) is 15.9 Å². The highest BCUT2D eigenvalue weighted by Gasteiger charge is 2.19. The van der Waals surface area contributed by atoms with Gasteiger partial charge in [0, 0.05) is 17.2 Å². The molecule has 0 amide bonds. The van der Waals surface area contributed by atoms with Crippen LogP contribution in [0, 0.1) is 0 Å². The van der Waals surface area contributed by atoms with Gasteiger partial charge in [0.15, 0.2) is 5.78 Å². The predicted molar refractivity (Wildman–Crippen MR) is 83.0 cm³/mol. The summed E-state index contributed by atoms with van der Waals surface area (Å²) in [6.07, 6.45) is 0. The molecule has 0 bridgehead atoms. The van der Waals surface area contributed by atoms with Gasteiger partial charge >= 0.3 is 0 Å². The summed E-state index contributed by atoms with van der Waals surface area (Å²) in [5.74, 6) is 1.25. The van der Waals surface area contributed by atoms with E-state index in [9.17, 15) is 4.79 Å². The molecule has 1 unspecified atom stereocenters. The second-order valence-corrected chi connectivity index (χ2v) is 5.67. The molecule has 0 saturated carbocycles. The van der Waals surface area contributed by atoms with Gasteiger partial charge < -0.3 is 0 Å². The van der Waals surface area contributed by atoms with Crippen molar-refractivity contribution < 1.29 is 4.79 Å². The van der Waals surface area contributed by atoms with Crippen molar-refractivity contribution in [1.29, 1.82) is 0 Å². The summed E-state index contributed by atoms with van der Waals surface area (Å²) in [4.78, 5) is 12.3. The quantitative estimate of drug-likeness (QED) is 0.579. The first-order valence-electron chi connectivity index (χ1n) is 6.12. The molecule has 0 heterocycles. The Morgan fingerprint density at radius 1 is 1.00 bits per heavy atom. The molecule has 2 rings (SSSR count). The largest absolute Gasteiger partial charge is 0.293 e. The third kappa shape index (κ3) is 4.12. The monoisotopic (exact) mass is 290 g/mol. The van der Waals surface area contributed by atoms with E-state index in [1.165, 1.54) is 5.56 Å². The van der Waals surface area contributed by atoms with Crippen LogP contribution < -0.4 is 0 Å². The molecule has 0 spiro atoms. The lowest BCUT2D eigenvalue weighted by molar-refractivity contribution is 0.0995. The van der Waals surface area contributed by atoms with E-state index in [2.05, 4.69) is 12.1 Å². The third-order valence-corrected chi connectivity index (χ3v) is 4.56. The van der Waals surface area contributed by atoms with Crippen molar-refractivity contribution in [2.24, 2.45) is 0 Å². The van der Waals surface area contributed by atoms with Gasteiger partial charge in [0.05, 0.1) is 5.25 Å². The molecule has 98 valence electrons. The maximum atomic E-state index is 12.3. The number of thioether (sulfide) groups is 1. The van der Waals surface area contributed by atoms with Crippen molar-refractivity contribution in [3.63, 3.8) is 0 Å². The van der Waals surface area contributed by atoms with Gasteiger partial charge in [-0.25, -0.2) is 0 Å². The molecule has 2 aromatic carbocycles. The Hall–Kier alpha value is -1.25. The van der Waals surface area contributed by atoms with Crippen LogP contribution in [-0.2, 0) is 5.75 Å². The smallest absolute Gasteiger partial charge is 0.177 e. The number of halogens is 1. The van der Waals surface area contributed by atoms with E-state index in [-0.39, 0.29) is 11.0 Å². The van der Waals surface area contributed by atoms with Crippen LogP contribution in [0.4, 0.5) is 0 Å². The summed E-state index contributed by atoms with van der Waals surface area (Å²) in [7, 11) is 0. The maximum absolute atomic E-state index is 12.3. The van der Waals surface area contributed by atoms with Crippen molar-refractivity contribution in [3.8, 4) is 0 Å². The summed E-state index contributed by atoms with van der Waals surface area (Å²) in [5.41, 5.74) is 1.94. The Morgan fingerprint density at radius 3 is 2.16 bits per heavy atom. The van der Waals surface area contributed by atoms with E-state index >= 15 is 0 Å². The van der Waals surface area contributed by atoms with Gasteiger partial charge in [-0.15, -0.1) is 23.4 Å². The minimum absolute atomic E-state index is 0.108. The molecule has 0 aromatic heterocycles. The molecule has 1 nitrogen and oxygen atoms in total. The fraction of sp³-hybridized carbons (Fsp3) is 0.188. The minimum Gasteiger partial charge on any atom is -0.293 e. The summed E-state index contributed by atoms with van der Waals surface area (Å²) < 4.78 is 0. The average Bonchev–Trinajstić information content (AvgIpc) is 2.49. The average molecular weight is 291 g/mol. The van der Waals surface area contributed by atoms with Crippen LogP contribution in [0.25, 0.3) is 0 Å². The van der Waals surface area contributed by atoms with Crippen LogP contribution in [0.3, 0.4) is 0 Å². The molecule has 0 aliphatic heterocycles. The van der Waals surface area contributed by atoms with Crippen LogP contribution in [0.2, 0.25) is 0 Å². The number of carbonyl (C=O) groups is 1. The van der Waals surface area contributed by atoms with E-state index in [0.717, 1.165) is 11.3 Å². The lowest BCUT2D eigenvalue weighted by atomic mass is 10.1. The highest BCUT2D eigenvalue weighted by molar-refractivity contribution is 8.00. The van der Waals surface area contributed by atoms with E-state index < -0.39 is 0 Å². The Bertz CT molecular complexity index is 513. The first-order valence-corrected chi connectivity index (χ1v) is 7.70. The number of alkyl halides is 1. The standard InChI is InChI=1S/C16H15ClOS/c17-11-15(16(18)14-9-5-2-6-10-14)19-12-13-7-3-1-4-8-13/h1-10,15H,11-12H2. The zero-order chi connectivity index (χ0) is 13.5. The molecule has 3 heteroatoms. The third-order valence-electron chi connectivity index (χ3n) is 2.78. The SMILES string of the molecule is O=C(c1ccccc1)C(CCl)SCc1ccccc1. The number of hydrogen-bond donors (Lipinski definition) is 0. The maximum Gasteiger partial charge on any atom is 0.177 e. The molecule has 0 saturated heterocycles. The van der Waals surface area contributed by atoms with Crippen molar-refractivity contribution >= 4 is 29.1 Å². The lowest BCUT2D eigenvalue weighted by Crippen LogP contribution is -2.19. The van der Waals surface area contributed by atoms with Gasteiger partial charge in [0.2, 0.25) is 0 Å². The first kappa shape index (κ1) is 14.2. The summed E-state index contributed by atoms with van der Waals surface area (Å²) in [5, 5.41) is -0.190. The topological polar surface area (TPSA) is 17.1 Å². The van der Waals surface area contributed by atoms with Crippen LogP contribution in [0.15, 0.2) is 60.7 Å². The van der Waals surface area contributed by atoms with E-state index in [4.69, 9.17) is 11.6 Å². The van der Waals surface area contributed by atoms with Crippen LogP contribution >= 0.6 is 23.4 Å². The molecular formula is C16H15ClOS. The van der Waals surface area contributed by atoms with Crippen molar-refractivity contribution in [2.45, 2.75) is 11.0 Å². The van der Waals surface area contributed by atoms with Gasteiger partial charge in [0.25, 0.3) is 0 Å². The van der Waals surface area contributed by atoms with Crippen LogP contribution in [0.5, 0.6) is 0 Å². The van der Waals surface area contributed by atoms with Crippen molar-refractivity contribution in [3.05, 3.63) is 71.8 Å². The van der Waals surface area contributed by atoms with Gasteiger partial charge in [0.1, 0.15) is 0 Å². The van der Waals surface area contributed by atoms with Gasteiger partial charge in [-0.1, -0.05) is 60.7 Å². The second kappa shape index (κ2) is 7.37. The highest BCUT2D eigenvalue weighted by atomic mass is 35.5. The highest BCUT2D eigenvalue weighted by Crippen LogP contribution is 2.22. The Labute approximate surface area is 123 Å². The molecule has 0 aliphatic rings. The molecule has 19 heavy (non-hydrogen) atoms. The van der Waals surface area contributed by atoms with E-state index in [1.54, 1.807) is 11.8 Å². The number of Topliss-reactive ketones (excluding diaryl/α,β-unsaturated/α-hetero) is 1. The molecule has 0 N–H and O–H groups in total. The molecule has 0 aliphatic carbocycles. The molecular weight excluding hydrogens is 276 g/mol. The van der Waals surface area contributed by atoms with Crippen LogP contribution in [-0.4, -0.2) is 16.9 Å². The van der Waals surface area contributed by atoms with E-state index in [1.807, 2.05) is 48.5 Å². The molecule has 0 radical (unpaired) electrons. The summed E-state index contributed by atoms with van der Waals surface area (Å²) in [6.45, 7) is 0. The second-order valence-electron chi connectivity index (χ2n) is 4.17. The van der Waals surface area contributed by atoms with E-state index in [0.29, 0.717) is 5.88 Å². The van der Waals surface area contributed by atoms with Crippen molar-refractivity contribution in [1.82, 2.24) is 0 Å². The number of rotatable bonds is 6. The summed E-state index contributed by atoms with van der Waals surface area (Å²) >= 11 is 7.53. The lowest BCUT2D eigenvalue weighted by Gasteiger charge is -2.12. The predicted octanol–water partition coefficient (Wildman–Crippen LogP) is 4.41. The van der Waals surface area contributed by atoms with Crippen molar-refractivity contribution in [2.75, 3.05) is 5.88 Å². The zero-order valence-electron chi connectivity index (χ0n) is 10.5. The van der Waals surface area contributed by atoms with Gasteiger partial charge in [-0.05, 0) is 5.56 Å². The zero-order valence-corrected chi connectivity index (χ0v) is 12.0. The Morgan fingerprint density at radius 2 is 1.58 bits per heavy atom. The molecule has 2 aromatic rings. The Kier molecular flexibility index (Phi) is 5.49. The number of benzene rings is 2. The van der Waals surface area contributed by atoms with Gasteiger partial charge in [-0.3, -0.25) is 4.79 Å². The fourth-order valence-corrected chi connectivity index (χ4v) is 3.12. The Balaban J connectivity index is 1.99. The van der Waals surface area contributed by atoms with Gasteiger partial charge in [-0.2, -0.15) is 0 Å². The minimum atomic E-state index is -0.190. The fourth-order valence-electron chi connectivity index (χ4n) is 1.75. The first-order chi connectivity index (χ1) is 9.31.